The Morgan fingerprint density at radius 3 is 2.69 bits per heavy atom. The average molecular weight is 490 g/mol. The topological polar surface area (TPSA) is 70.6 Å². The van der Waals surface area contributed by atoms with Crippen LogP contribution in [0.1, 0.15) is 42.9 Å². The number of unbranched alkanes of at least 4 members (excludes halogenated alkanes) is 1. The standard InChI is InChI=1S/C22H20ClN3O2.C7H12/c1-13-4-2-3-5-14(13)10-19-22(28)26-18-7-6-16(23)12-17(18)21(25-19)15-8-9-24-20(27)11-15;1-3-5-7-6-4-2/h2-7,11-12,19H,8-10H2,1H3,(H,24,27)(H,26,28);3-4,6H,1,5,7H2,2H3/b;6-4-. The van der Waals surface area contributed by atoms with Crippen LogP contribution in [0, 0.1) is 6.92 Å². The minimum Gasteiger partial charge on any atom is -0.352 e. The van der Waals surface area contributed by atoms with Crippen molar-refractivity contribution in [3.05, 3.63) is 101 Å². The van der Waals surface area contributed by atoms with Crippen molar-refractivity contribution in [1.82, 2.24) is 5.32 Å². The number of aryl methyl sites for hydroxylation is 1. The van der Waals surface area contributed by atoms with Crippen molar-refractivity contribution in [2.45, 2.75) is 45.6 Å². The second-order valence-corrected chi connectivity index (χ2v) is 8.89. The van der Waals surface area contributed by atoms with Crippen LogP contribution >= 0.6 is 11.6 Å². The van der Waals surface area contributed by atoms with Gasteiger partial charge in [-0.1, -0.05) is 54.1 Å². The summed E-state index contributed by atoms with van der Waals surface area (Å²) in [5.41, 5.74) is 5.07. The Kier molecular flexibility index (Phi) is 9.62. The van der Waals surface area contributed by atoms with Gasteiger partial charge >= 0.3 is 0 Å². The predicted molar refractivity (Wildman–Crippen MR) is 145 cm³/mol. The molecule has 2 heterocycles. The van der Waals surface area contributed by atoms with E-state index < -0.39 is 6.04 Å². The van der Waals surface area contributed by atoms with Crippen LogP contribution in [-0.4, -0.2) is 30.1 Å². The highest BCUT2D eigenvalue weighted by Gasteiger charge is 2.28. The molecule has 0 aromatic heterocycles. The van der Waals surface area contributed by atoms with E-state index in [0.29, 0.717) is 35.8 Å². The van der Waals surface area contributed by atoms with Gasteiger partial charge < -0.3 is 10.6 Å². The molecule has 5 nitrogen and oxygen atoms in total. The lowest BCUT2D eigenvalue weighted by Crippen LogP contribution is -2.30. The Morgan fingerprint density at radius 1 is 1.17 bits per heavy atom. The number of hydrogen-bond acceptors (Lipinski definition) is 3. The van der Waals surface area contributed by atoms with Gasteiger partial charge in [0.1, 0.15) is 6.04 Å². The second kappa shape index (κ2) is 12.9. The summed E-state index contributed by atoms with van der Waals surface area (Å²) in [5.74, 6) is -0.311. The molecule has 0 spiro atoms. The van der Waals surface area contributed by atoms with Gasteiger partial charge in [0.15, 0.2) is 0 Å². The van der Waals surface area contributed by atoms with Crippen LogP contribution in [0.4, 0.5) is 5.69 Å². The molecule has 2 N–H and O–H groups in total. The van der Waals surface area contributed by atoms with Gasteiger partial charge in [-0.3, -0.25) is 14.6 Å². The minimum atomic E-state index is -0.590. The number of benzodiazepines with no additional fused rings is 1. The zero-order chi connectivity index (χ0) is 25.2. The van der Waals surface area contributed by atoms with Gasteiger partial charge in [-0.05, 0) is 68.0 Å². The third-order valence-electron chi connectivity index (χ3n) is 5.83. The molecule has 0 bridgehead atoms. The maximum Gasteiger partial charge on any atom is 0.249 e. The molecular formula is C29H32ClN3O2. The first kappa shape index (κ1) is 26.2. The summed E-state index contributed by atoms with van der Waals surface area (Å²) >= 11 is 6.22. The molecule has 2 aliphatic rings. The number of aliphatic imine (C=N–C) groups is 1. The summed E-state index contributed by atoms with van der Waals surface area (Å²) in [5, 5.41) is 6.32. The molecule has 2 amide bonds. The minimum absolute atomic E-state index is 0.147. The largest absolute Gasteiger partial charge is 0.352 e. The lowest BCUT2D eigenvalue weighted by atomic mass is 9.96. The lowest BCUT2D eigenvalue weighted by molar-refractivity contribution is -0.117. The Morgan fingerprint density at radius 2 is 1.97 bits per heavy atom. The van der Waals surface area contributed by atoms with Crippen LogP contribution < -0.4 is 10.6 Å². The van der Waals surface area contributed by atoms with E-state index in [1.807, 2.05) is 44.2 Å². The maximum atomic E-state index is 12.9. The van der Waals surface area contributed by atoms with Crippen molar-refractivity contribution in [3.63, 3.8) is 0 Å². The molecule has 0 aliphatic carbocycles. The van der Waals surface area contributed by atoms with Crippen LogP contribution in [0.25, 0.3) is 0 Å². The summed E-state index contributed by atoms with van der Waals surface area (Å²) in [7, 11) is 0. The van der Waals surface area contributed by atoms with E-state index in [9.17, 15) is 9.59 Å². The van der Waals surface area contributed by atoms with Crippen molar-refractivity contribution < 1.29 is 9.59 Å². The van der Waals surface area contributed by atoms with E-state index in [0.717, 1.165) is 35.1 Å². The quantitative estimate of drug-likeness (QED) is 0.387. The van der Waals surface area contributed by atoms with Gasteiger partial charge in [-0.25, -0.2) is 0 Å². The second-order valence-electron chi connectivity index (χ2n) is 8.45. The maximum absolute atomic E-state index is 12.9. The fourth-order valence-corrected chi connectivity index (χ4v) is 4.10. The summed E-state index contributed by atoms with van der Waals surface area (Å²) in [6.07, 6.45) is 11.1. The molecule has 182 valence electrons. The Bertz CT molecular complexity index is 1180. The zero-order valence-corrected chi connectivity index (χ0v) is 21.1. The SMILES string of the molecule is C=CCC/C=C\C.Cc1ccccc1CC1N=C(C2=CC(=O)NCC2)c2cc(Cl)ccc2NC1=O. The zero-order valence-electron chi connectivity index (χ0n) is 20.3. The van der Waals surface area contributed by atoms with Crippen molar-refractivity contribution in [1.29, 1.82) is 0 Å². The highest BCUT2D eigenvalue weighted by Crippen LogP contribution is 2.29. The van der Waals surface area contributed by atoms with Gasteiger partial charge in [0, 0.05) is 29.6 Å². The number of halogens is 1. The number of carbonyl (C=O) groups excluding carboxylic acids is 2. The molecule has 1 unspecified atom stereocenters. The number of fused-ring (bicyclic) bond motifs is 1. The van der Waals surface area contributed by atoms with E-state index >= 15 is 0 Å². The van der Waals surface area contributed by atoms with Crippen LogP contribution in [0.3, 0.4) is 0 Å². The van der Waals surface area contributed by atoms with Crippen LogP contribution in [0.15, 0.2) is 83.9 Å². The fraction of sp³-hybridized carbons (Fsp3) is 0.276. The number of hydrogen-bond donors (Lipinski definition) is 2. The summed E-state index contributed by atoms with van der Waals surface area (Å²) in [4.78, 5) is 29.7. The first-order chi connectivity index (χ1) is 16.9. The highest BCUT2D eigenvalue weighted by atomic mass is 35.5. The third kappa shape index (κ3) is 7.27. The molecule has 4 rings (SSSR count). The van der Waals surface area contributed by atoms with E-state index in [-0.39, 0.29) is 11.8 Å². The predicted octanol–water partition coefficient (Wildman–Crippen LogP) is 5.98. The Balaban J connectivity index is 0.000000429. The molecule has 0 saturated heterocycles. The molecule has 2 aromatic rings. The first-order valence-electron chi connectivity index (χ1n) is 11.9. The van der Waals surface area contributed by atoms with Gasteiger partial charge in [0.25, 0.3) is 0 Å². The first-order valence-corrected chi connectivity index (χ1v) is 12.2. The van der Waals surface area contributed by atoms with Gasteiger partial charge in [0.05, 0.1) is 11.4 Å². The molecule has 35 heavy (non-hydrogen) atoms. The molecule has 0 saturated carbocycles. The number of anilines is 1. The van der Waals surface area contributed by atoms with E-state index in [1.54, 1.807) is 24.3 Å². The van der Waals surface area contributed by atoms with E-state index in [1.165, 1.54) is 0 Å². The van der Waals surface area contributed by atoms with Crippen molar-refractivity contribution in [2.24, 2.45) is 4.99 Å². The molecule has 0 fully saturated rings. The lowest BCUT2D eigenvalue weighted by Gasteiger charge is -2.17. The van der Waals surface area contributed by atoms with Crippen LogP contribution in [-0.2, 0) is 16.0 Å². The highest BCUT2D eigenvalue weighted by molar-refractivity contribution is 6.32. The number of amides is 2. The summed E-state index contributed by atoms with van der Waals surface area (Å²) < 4.78 is 0. The van der Waals surface area contributed by atoms with Crippen LogP contribution in [0.2, 0.25) is 5.02 Å². The molecule has 6 heteroatoms. The molecule has 2 aromatic carbocycles. The third-order valence-corrected chi connectivity index (χ3v) is 6.07. The molecule has 0 radical (unpaired) electrons. The number of nitrogens with zero attached hydrogens (tertiary/aromatic N) is 1. The number of allylic oxidation sites excluding steroid dienone is 3. The summed E-state index contributed by atoms with van der Waals surface area (Å²) in [6.45, 7) is 8.20. The number of nitrogens with one attached hydrogen (secondary N) is 2. The molecular weight excluding hydrogens is 458 g/mol. The Hall–Kier alpha value is -3.44. The van der Waals surface area contributed by atoms with Gasteiger partial charge in [-0.15, -0.1) is 6.58 Å². The van der Waals surface area contributed by atoms with Gasteiger partial charge in [-0.2, -0.15) is 0 Å². The molecule has 1 atom stereocenters. The van der Waals surface area contributed by atoms with Crippen molar-refractivity contribution in [2.75, 3.05) is 11.9 Å². The Labute approximate surface area is 212 Å². The van der Waals surface area contributed by atoms with E-state index in [4.69, 9.17) is 16.6 Å². The average Bonchev–Trinajstić information content (AvgIpc) is 2.97. The van der Waals surface area contributed by atoms with Crippen molar-refractivity contribution >= 4 is 34.8 Å². The molecule has 2 aliphatic heterocycles. The monoisotopic (exact) mass is 489 g/mol. The summed E-state index contributed by atoms with van der Waals surface area (Å²) in [6, 6.07) is 12.7. The number of rotatable bonds is 6. The normalized spacial score (nSPS) is 17.2. The number of carbonyl (C=O) groups is 2. The van der Waals surface area contributed by atoms with Crippen molar-refractivity contribution in [3.8, 4) is 0 Å². The number of benzene rings is 2. The van der Waals surface area contributed by atoms with Gasteiger partial charge in [0.2, 0.25) is 11.8 Å². The fourth-order valence-electron chi connectivity index (χ4n) is 3.93. The van der Waals surface area contributed by atoms with E-state index in [2.05, 4.69) is 29.4 Å². The smallest absolute Gasteiger partial charge is 0.249 e. The van der Waals surface area contributed by atoms with Crippen LogP contribution in [0.5, 0.6) is 0 Å².